The molecule has 1 fully saturated rings. The third-order valence-electron chi connectivity index (χ3n) is 8.72. The van der Waals surface area contributed by atoms with E-state index in [4.69, 9.17) is 28.5 Å². The molecule has 0 spiro atoms. The van der Waals surface area contributed by atoms with Gasteiger partial charge in [0.05, 0.1) is 68.2 Å². The molecule has 1 aromatic carbocycles. The first kappa shape index (κ1) is 46.8. The van der Waals surface area contributed by atoms with Gasteiger partial charge in [-0.1, -0.05) is 45.0 Å². The van der Waals surface area contributed by atoms with Crippen molar-refractivity contribution in [2.24, 2.45) is 5.41 Å². The number of rotatable bonds is 22. The number of nitrogens with zero attached hydrogens (tertiary/aromatic N) is 4. The third-order valence-corrected chi connectivity index (χ3v) is 11.8. The molecule has 310 valence electrons. The van der Waals surface area contributed by atoms with Crippen LogP contribution in [0.4, 0.5) is 0 Å². The number of nitriles is 1. The normalized spacial score (nSPS) is 16.9. The zero-order valence-electron chi connectivity index (χ0n) is 34.2. The standard InChI is InChI=1S/C39H59N6O9PS/c1-26(2)45(27(3)4)55(52-16-10-15-40)53-20-19-50-17-18-51-24-34(47)43-36(39(7,8)9)38(49)44-23-32(54-29(6)46)21-33(44)37(48)41-22-30-11-13-31(14-12-30)35-28(5)42-25-56-35/h11-14,25-27,32-33,36H,10,16-24H2,1-9H3,(H,41,48)(H,43,47)/t32-,33+,36-,55?/m1/s1. The van der Waals surface area contributed by atoms with Crippen LogP contribution in [0.3, 0.4) is 0 Å². The number of thiazole rings is 1. The molecular weight excluding hydrogens is 760 g/mol. The maximum atomic E-state index is 14.1. The van der Waals surface area contributed by atoms with E-state index in [1.54, 1.807) is 16.8 Å². The van der Waals surface area contributed by atoms with Gasteiger partial charge in [-0.2, -0.15) is 5.26 Å². The summed E-state index contributed by atoms with van der Waals surface area (Å²) in [6, 6.07) is 8.37. The predicted octanol–water partition coefficient (Wildman–Crippen LogP) is 5.12. The Hall–Kier alpha value is -3.55. The third kappa shape index (κ3) is 14.8. The second kappa shape index (κ2) is 23.0. The van der Waals surface area contributed by atoms with Crippen LogP contribution in [0.5, 0.6) is 0 Å². The molecule has 1 aliphatic heterocycles. The molecule has 2 aromatic rings. The van der Waals surface area contributed by atoms with Gasteiger partial charge in [-0.15, -0.1) is 11.3 Å². The first-order valence-electron chi connectivity index (χ1n) is 18.9. The Morgan fingerprint density at radius 3 is 2.25 bits per heavy atom. The molecular formula is C39H59N6O9PS. The van der Waals surface area contributed by atoms with Crippen LogP contribution in [-0.2, 0) is 49.0 Å². The second-order valence-electron chi connectivity index (χ2n) is 15.1. The van der Waals surface area contributed by atoms with Gasteiger partial charge in [-0.05, 0) is 51.2 Å². The fourth-order valence-electron chi connectivity index (χ4n) is 6.16. The molecule has 17 heteroatoms. The van der Waals surface area contributed by atoms with E-state index in [1.807, 2.05) is 52.0 Å². The highest BCUT2D eigenvalue weighted by molar-refractivity contribution is 7.44. The Labute approximate surface area is 336 Å². The molecule has 0 bridgehead atoms. The Bertz CT molecular complexity index is 1600. The summed E-state index contributed by atoms with van der Waals surface area (Å²) >= 11 is 1.56. The number of likely N-dealkylation sites (tertiary alicyclic amines) is 1. The number of aromatic nitrogens is 1. The molecule has 2 N–H and O–H groups in total. The van der Waals surface area contributed by atoms with Crippen LogP contribution in [0.2, 0.25) is 0 Å². The second-order valence-corrected chi connectivity index (χ2v) is 17.4. The number of carbonyl (C=O) groups excluding carboxylic acids is 4. The van der Waals surface area contributed by atoms with Gasteiger partial charge < -0.3 is 38.8 Å². The number of nitrogens with one attached hydrogen (secondary N) is 2. The highest BCUT2D eigenvalue weighted by Gasteiger charge is 2.45. The van der Waals surface area contributed by atoms with Gasteiger partial charge in [0, 0.05) is 32.0 Å². The average Bonchev–Trinajstić information content (AvgIpc) is 3.75. The number of hydrogen-bond donors (Lipinski definition) is 2. The van der Waals surface area contributed by atoms with Crippen molar-refractivity contribution in [2.45, 2.75) is 112 Å². The summed E-state index contributed by atoms with van der Waals surface area (Å²) in [5, 5.41) is 14.6. The highest BCUT2D eigenvalue weighted by atomic mass is 32.1. The minimum atomic E-state index is -1.37. The lowest BCUT2D eigenvalue weighted by Gasteiger charge is -2.35. The monoisotopic (exact) mass is 818 g/mol. The Morgan fingerprint density at radius 1 is 1.02 bits per heavy atom. The van der Waals surface area contributed by atoms with Gasteiger partial charge >= 0.3 is 5.97 Å². The summed E-state index contributed by atoms with van der Waals surface area (Å²) in [6.07, 6.45) is -0.272. The Balaban J connectivity index is 1.52. The van der Waals surface area contributed by atoms with E-state index < -0.39 is 49.9 Å². The van der Waals surface area contributed by atoms with Crippen LogP contribution in [0, 0.1) is 23.7 Å². The molecule has 56 heavy (non-hydrogen) atoms. The van der Waals surface area contributed by atoms with Crippen molar-refractivity contribution in [2.75, 3.05) is 46.2 Å². The highest BCUT2D eigenvalue weighted by Crippen LogP contribution is 2.45. The smallest absolute Gasteiger partial charge is 0.302 e. The topological polar surface area (TPSA) is 182 Å². The summed E-state index contributed by atoms with van der Waals surface area (Å²) in [7, 11) is -1.37. The molecule has 1 aliphatic rings. The zero-order chi connectivity index (χ0) is 41.4. The SMILES string of the molecule is CC(=O)O[C@@H]1C[C@@H](C(=O)NCc2ccc(-c3scnc3C)cc2)N(C(=O)[C@@H](NC(=O)COCCOCCOP(OCCC#N)N(C(C)C)C(C)C)C(C)(C)C)C1. The van der Waals surface area contributed by atoms with Crippen LogP contribution in [0.25, 0.3) is 10.4 Å². The molecule has 1 saturated heterocycles. The number of carbonyl (C=O) groups is 4. The maximum absolute atomic E-state index is 14.1. The average molecular weight is 819 g/mol. The fraction of sp³-hybridized carbons (Fsp3) is 0.641. The fourth-order valence-corrected chi connectivity index (χ4v) is 8.54. The van der Waals surface area contributed by atoms with E-state index in [0.29, 0.717) is 0 Å². The van der Waals surface area contributed by atoms with Gasteiger partial charge in [-0.3, -0.25) is 19.2 Å². The lowest BCUT2D eigenvalue weighted by atomic mass is 9.85. The molecule has 4 atom stereocenters. The number of aryl methyl sites for hydroxylation is 1. The maximum Gasteiger partial charge on any atom is 0.302 e. The van der Waals surface area contributed by atoms with E-state index >= 15 is 0 Å². The van der Waals surface area contributed by atoms with E-state index in [1.165, 1.54) is 11.8 Å². The summed E-state index contributed by atoms with van der Waals surface area (Å²) < 4.78 is 30.6. The number of amides is 3. The van der Waals surface area contributed by atoms with E-state index in [2.05, 4.69) is 54.1 Å². The summed E-state index contributed by atoms with van der Waals surface area (Å²) in [5.41, 5.74) is 3.95. The van der Waals surface area contributed by atoms with Crippen LogP contribution in [0.15, 0.2) is 29.8 Å². The van der Waals surface area contributed by atoms with Gasteiger partial charge in [0.15, 0.2) is 0 Å². The van der Waals surface area contributed by atoms with Crippen molar-refractivity contribution >= 4 is 43.6 Å². The van der Waals surface area contributed by atoms with Crippen molar-refractivity contribution in [3.05, 3.63) is 41.0 Å². The summed E-state index contributed by atoms with van der Waals surface area (Å²) in [4.78, 5) is 59.4. The first-order valence-corrected chi connectivity index (χ1v) is 20.9. The van der Waals surface area contributed by atoms with Crippen LogP contribution >= 0.6 is 19.9 Å². The van der Waals surface area contributed by atoms with E-state index in [9.17, 15) is 19.2 Å². The van der Waals surface area contributed by atoms with Crippen molar-refractivity contribution in [3.63, 3.8) is 0 Å². The molecule has 3 rings (SSSR count). The predicted molar refractivity (Wildman–Crippen MR) is 214 cm³/mol. The zero-order valence-corrected chi connectivity index (χ0v) is 35.9. The first-order chi connectivity index (χ1) is 26.5. The molecule has 0 saturated carbocycles. The molecule has 0 radical (unpaired) electrons. The lowest BCUT2D eigenvalue weighted by molar-refractivity contribution is -0.147. The van der Waals surface area contributed by atoms with Gasteiger partial charge in [-0.25, -0.2) is 9.65 Å². The van der Waals surface area contributed by atoms with Gasteiger partial charge in [0.25, 0.3) is 8.53 Å². The molecule has 2 heterocycles. The number of hydrogen-bond acceptors (Lipinski definition) is 13. The van der Waals surface area contributed by atoms with Crippen molar-refractivity contribution in [3.8, 4) is 16.5 Å². The quantitative estimate of drug-likeness (QED) is 0.0911. The molecule has 1 aromatic heterocycles. The van der Waals surface area contributed by atoms with Crippen LogP contribution in [0.1, 0.15) is 79.5 Å². The Morgan fingerprint density at radius 2 is 1.66 bits per heavy atom. The molecule has 15 nitrogen and oxygen atoms in total. The summed E-state index contributed by atoms with van der Waals surface area (Å²) in [5.74, 6) is -1.86. The minimum absolute atomic E-state index is 0.0142. The van der Waals surface area contributed by atoms with Gasteiger partial charge in [0.1, 0.15) is 24.8 Å². The van der Waals surface area contributed by atoms with Gasteiger partial charge in [0.2, 0.25) is 17.7 Å². The molecule has 0 aliphatic carbocycles. The van der Waals surface area contributed by atoms with Crippen molar-refractivity contribution < 1.29 is 42.4 Å². The van der Waals surface area contributed by atoms with Crippen molar-refractivity contribution in [1.82, 2.24) is 25.2 Å². The number of ether oxygens (including phenoxy) is 3. The number of esters is 1. The van der Waals surface area contributed by atoms with Crippen LogP contribution in [-0.4, -0.2) is 115 Å². The lowest BCUT2D eigenvalue weighted by Crippen LogP contribution is -2.58. The largest absolute Gasteiger partial charge is 0.461 e. The summed E-state index contributed by atoms with van der Waals surface area (Å²) in [6.45, 7) is 18.1. The van der Waals surface area contributed by atoms with Crippen LogP contribution < -0.4 is 10.6 Å². The number of benzene rings is 1. The minimum Gasteiger partial charge on any atom is -0.461 e. The van der Waals surface area contributed by atoms with E-state index in [0.717, 1.165) is 21.7 Å². The molecule has 1 unspecified atom stereocenters. The van der Waals surface area contributed by atoms with E-state index in [-0.39, 0.29) is 83.6 Å². The van der Waals surface area contributed by atoms with Crippen molar-refractivity contribution in [1.29, 1.82) is 5.26 Å². The Kier molecular flexibility index (Phi) is 19.2. The molecule has 3 amide bonds.